The van der Waals surface area contributed by atoms with Crippen molar-refractivity contribution in [1.29, 1.82) is 0 Å². The summed E-state index contributed by atoms with van der Waals surface area (Å²) in [6.07, 6.45) is 5.08. The molecule has 0 bridgehead atoms. The molecule has 114 valence electrons. The number of ether oxygens (including phenoxy) is 1. The summed E-state index contributed by atoms with van der Waals surface area (Å²) in [6.45, 7) is 8.66. The number of hydrogen-bond donors (Lipinski definition) is 0. The van der Waals surface area contributed by atoms with Gasteiger partial charge in [0.15, 0.2) is 11.5 Å². The first kappa shape index (κ1) is 17.1. The summed E-state index contributed by atoms with van der Waals surface area (Å²) in [4.78, 5) is 35.4. The minimum Gasteiger partial charge on any atom is -0.422 e. The van der Waals surface area contributed by atoms with Crippen LogP contribution in [0.1, 0.15) is 47.5 Å². The fourth-order valence-electron chi connectivity index (χ4n) is 2.14. The van der Waals surface area contributed by atoms with E-state index in [1.165, 1.54) is 25.5 Å². The average molecular weight is 290 g/mol. The number of esters is 1. The molecule has 1 aliphatic rings. The van der Waals surface area contributed by atoms with Crippen molar-refractivity contribution >= 4 is 17.5 Å². The molecule has 1 unspecified atom stereocenters. The molecule has 21 heavy (non-hydrogen) atoms. The van der Waals surface area contributed by atoms with Crippen LogP contribution in [0.2, 0.25) is 0 Å². The molecule has 0 radical (unpaired) electrons. The van der Waals surface area contributed by atoms with Gasteiger partial charge in [-0.2, -0.15) is 0 Å². The van der Waals surface area contributed by atoms with E-state index in [1.54, 1.807) is 0 Å². The van der Waals surface area contributed by atoms with Crippen LogP contribution in [0, 0.1) is 5.92 Å². The third-order valence-corrected chi connectivity index (χ3v) is 3.39. The Morgan fingerprint density at radius 1 is 1.29 bits per heavy atom. The number of hydrogen-bond acceptors (Lipinski definition) is 4. The highest BCUT2D eigenvalue weighted by Crippen LogP contribution is 2.27. The predicted octanol–water partition coefficient (Wildman–Crippen LogP) is 3.28. The molecule has 4 nitrogen and oxygen atoms in total. The molecule has 1 aliphatic carbocycles. The molecule has 0 saturated carbocycles. The molecule has 1 atom stereocenters. The average Bonchev–Trinajstić information content (AvgIpc) is 2.38. The molecule has 0 aromatic carbocycles. The van der Waals surface area contributed by atoms with Gasteiger partial charge >= 0.3 is 5.97 Å². The van der Waals surface area contributed by atoms with E-state index in [4.69, 9.17) is 4.74 Å². The molecule has 4 heteroatoms. The first-order valence-electron chi connectivity index (χ1n) is 7.07. The molecular formula is C17H22O4. The van der Waals surface area contributed by atoms with E-state index in [0.29, 0.717) is 5.57 Å². The van der Waals surface area contributed by atoms with Crippen molar-refractivity contribution in [3.8, 4) is 0 Å². The van der Waals surface area contributed by atoms with Crippen LogP contribution in [-0.4, -0.2) is 17.5 Å². The van der Waals surface area contributed by atoms with Gasteiger partial charge in [0.25, 0.3) is 0 Å². The van der Waals surface area contributed by atoms with Gasteiger partial charge in [0.1, 0.15) is 0 Å². The fraction of sp³-hybridized carbons (Fsp3) is 0.471. The molecule has 0 aromatic rings. The number of carbonyl (C=O) groups excluding carboxylic acids is 3. The Labute approximate surface area is 125 Å². The zero-order valence-corrected chi connectivity index (χ0v) is 13.3. The summed E-state index contributed by atoms with van der Waals surface area (Å²) < 4.78 is 4.93. The highest BCUT2D eigenvalue weighted by molar-refractivity contribution is 6.22. The van der Waals surface area contributed by atoms with E-state index in [-0.39, 0.29) is 28.8 Å². The second-order valence-electron chi connectivity index (χ2n) is 5.60. The number of carbonyl (C=O) groups is 3. The monoisotopic (exact) mass is 290 g/mol. The fourth-order valence-corrected chi connectivity index (χ4v) is 2.14. The van der Waals surface area contributed by atoms with Crippen molar-refractivity contribution in [3.05, 3.63) is 34.6 Å². The maximum atomic E-state index is 12.4. The molecule has 0 heterocycles. The highest BCUT2D eigenvalue weighted by Gasteiger charge is 2.31. The maximum absolute atomic E-state index is 12.4. The van der Waals surface area contributed by atoms with Crippen LogP contribution < -0.4 is 0 Å². The van der Waals surface area contributed by atoms with E-state index >= 15 is 0 Å². The summed E-state index contributed by atoms with van der Waals surface area (Å²) in [7, 11) is 0. The summed E-state index contributed by atoms with van der Waals surface area (Å²) in [5.41, 5.74) is 1.83. The largest absolute Gasteiger partial charge is 0.422 e. The normalized spacial score (nSPS) is 16.5. The second kappa shape index (κ2) is 7.16. The minimum absolute atomic E-state index is 0.0595. The Bertz CT molecular complexity index is 557. The van der Waals surface area contributed by atoms with Crippen LogP contribution in [0.25, 0.3) is 0 Å². The van der Waals surface area contributed by atoms with Gasteiger partial charge < -0.3 is 4.74 Å². The Morgan fingerprint density at radius 3 is 2.43 bits per heavy atom. The van der Waals surface area contributed by atoms with E-state index in [0.717, 1.165) is 12.8 Å². The van der Waals surface area contributed by atoms with Gasteiger partial charge in [-0.25, -0.2) is 0 Å². The first-order valence-corrected chi connectivity index (χ1v) is 7.07. The summed E-state index contributed by atoms with van der Waals surface area (Å²) in [5.74, 6) is -1.40. The predicted molar refractivity (Wildman–Crippen MR) is 80.4 cm³/mol. The smallest absolute Gasteiger partial charge is 0.308 e. The van der Waals surface area contributed by atoms with Crippen LogP contribution >= 0.6 is 0 Å². The van der Waals surface area contributed by atoms with Crippen LogP contribution in [-0.2, 0) is 19.1 Å². The molecule has 1 rings (SSSR count). The van der Waals surface area contributed by atoms with Crippen molar-refractivity contribution in [2.45, 2.75) is 47.5 Å². The molecule has 0 spiro atoms. The number of Topliss-reactive ketones (excluding diaryl/α,β-unsaturated/α-hetero) is 1. The lowest BCUT2D eigenvalue weighted by atomic mass is 9.86. The van der Waals surface area contributed by atoms with Crippen molar-refractivity contribution < 1.29 is 19.1 Å². The Balaban J connectivity index is 2.92. The SMILES string of the molecule is CC(=O)OC1=C(C)C(=O)C=C(C(C)CCC=C(C)C)C1=O. The van der Waals surface area contributed by atoms with Gasteiger partial charge in [-0.3, -0.25) is 14.4 Å². The molecule has 0 N–H and O–H groups in total. The van der Waals surface area contributed by atoms with Crippen molar-refractivity contribution in [2.24, 2.45) is 5.92 Å². The topological polar surface area (TPSA) is 60.4 Å². The molecule has 0 aromatic heterocycles. The van der Waals surface area contributed by atoms with Crippen LogP contribution in [0.15, 0.2) is 34.6 Å². The lowest BCUT2D eigenvalue weighted by molar-refractivity contribution is -0.140. The number of rotatable bonds is 5. The Hall–Kier alpha value is -1.97. The van der Waals surface area contributed by atoms with Gasteiger partial charge in [0.2, 0.25) is 5.78 Å². The zero-order valence-electron chi connectivity index (χ0n) is 13.3. The molecule has 0 amide bonds. The molecule has 0 fully saturated rings. The van der Waals surface area contributed by atoms with Gasteiger partial charge in [-0.15, -0.1) is 0 Å². The van der Waals surface area contributed by atoms with E-state index in [1.807, 2.05) is 20.8 Å². The quantitative estimate of drug-likeness (QED) is 0.443. The minimum atomic E-state index is -0.594. The Kier molecular flexibility index (Phi) is 5.82. The Morgan fingerprint density at radius 2 is 1.90 bits per heavy atom. The van der Waals surface area contributed by atoms with Crippen LogP contribution in [0.5, 0.6) is 0 Å². The van der Waals surface area contributed by atoms with Crippen molar-refractivity contribution in [3.63, 3.8) is 0 Å². The number of allylic oxidation sites excluding steroid dienone is 5. The van der Waals surface area contributed by atoms with Gasteiger partial charge in [0.05, 0.1) is 0 Å². The molecular weight excluding hydrogens is 268 g/mol. The third kappa shape index (κ3) is 4.52. The summed E-state index contributed by atoms with van der Waals surface area (Å²) in [6, 6.07) is 0. The van der Waals surface area contributed by atoms with Gasteiger partial charge in [-0.1, -0.05) is 18.6 Å². The van der Waals surface area contributed by atoms with E-state index < -0.39 is 5.97 Å². The summed E-state index contributed by atoms with van der Waals surface area (Å²) in [5, 5.41) is 0. The third-order valence-electron chi connectivity index (χ3n) is 3.39. The molecule has 0 aliphatic heterocycles. The van der Waals surface area contributed by atoms with Crippen LogP contribution in [0.3, 0.4) is 0 Å². The molecule has 0 saturated heterocycles. The highest BCUT2D eigenvalue weighted by atomic mass is 16.5. The van der Waals surface area contributed by atoms with Crippen molar-refractivity contribution in [2.75, 3.05) is 0 Å². The standard InChI is InChI=1S/C17H22O4/c1-10(2)7-6-8-11(3)14-9-15(19)12(4)17(16(14)20)21-13(5)18/h7,9,11H,6,8H2,1-5H3. The van der Waals surface area contributed by atoms with E-state index in [9.17, 15) is 14.4 Å². The zero-order chi connectivity index (χ0) is 16.2. The van der Waals surface area contributed by atoms with Crippen molar-refractivity contribution in [1.82, 2.24) is 0 Å². The lowest BCUT2D eigenvalue weighted by Crippen LogP contribution is -2.24. The van der Waals surface area contributed by atoms with Gasteiger partial charge in [0, 0.05) is 18.1 Å². The van der Waals surface area contributed by atoms with Crippen LogP contribution in [0.4, 0.5) is 0 Å². The maximum Gasteiger partial charge on any atom is 0.308 e. The summed E-state index contributed by atoms with van der Waals surface area (Å²) >= 11 is 0. The second-order valence-corrected chi connectivity index (χ2v) is 5.60. The number of ketones is 2. The first-order chi connectivity index (χ1) is 9.73. The lowest BCUT2D eigenvalue weighted by Gasteiger charge is -2.20. The van der Waals surface area contributed by atoms with E-state index in [2.05, 4.69) is 6.08 Å². The van der Waals surface area contributed by atoms with Gasteiger partial charge in [-0.05, 0) is 45.6 Å².